The molecule has 4 heteroatoms. The van der Waals surface area contributed by atoms with E-state index in [0.29, 0.717) is 0 Å². The zero-order valence-corrected chi connectivity index (χ0v) is 20.2. The average Bonchev–Trinajstić information content (AvgIpc) is 3.10. The van der Waals surface area contributed by atoms with Crippen LogP contribution < -0.4 is 4.74 Å². The molecule has 0 bridgehead atoms. The maximum atomic E-state index is 12.6. The largest absolute Gasteiger partial charge is 0.481 e. The third-order valence-electron chi connectivity index (χ3n) is 6.19. The number of thiophene rings is 1. The fourth-order valence-corrected chi connectivity index (χ4v) is 7.03. The summed E-state index contributed by atoms with van der Waals surface area (Å²) in [5, 5.41) is 3.69. The molecule has 2 aromatic carbocycles. The van der Waals surface area contributed by atoms with Gasteiger partial charge >= 0.3 is 5.97 Å². The predicted molar refractivity (Wildman–Crippen MR) is 133 cm³/mol. The van der Waals surface area contributed by atoms with Crippen molar-refractivity contribution in [2.75, 3.05) is 6.61 Å². The molecule has 1 aromatic heterocycles. The van der Waals surface area contributed by atoms with E-state index in [0.717, 1.165) is 42.6 Å². The number of rotatable bonds is 5. The molecular formula is C28H31O3S+. The van der Waals surface area contributed by atoms with Gasteiger partial charge in [0.25, 0.3) is 0 Å². The molecule has 0 saturated heterocycles. The molecule has 166 valence electrons. The molecule has 0 amide bonds. The number of benzene rings is 2. The molecule has 3 aromatic rings. The lowest BCUT2D eigenvalue weighted by Gasteiger charge is -2.32. The number of hydrogen-bond donors (Lipinski definition) is 0. The van der Waals surface area contributed by atoms with Crippen molar-refractivity contribution in [2.24, 2.45) is 0 Å². The Hall–Kier alpha value is -2.77. The van der Waals surface area contributed by atoms with Gasteiger partial charge in [-0.2, -0.15) is 0 Å². The number of hydrogen-bond acceptors (Lipinski definition) is 3. The first kappa shape index (κ1) is 22.4. The van der Waals surface area contributed by atoms with Gasteiger partial charge in [0.1, 0.15) is 11.1 Å². The van der Waals surface area contributed by atoms with Crippen molar-refractivity contribution in [1.29, 1.82) is 0 Å². The summed E-state index contributed by atoms with van der Waals surface area (Å²) in [6.07, 6.45) is 4.88. The van der Waals surface area contributed by atoms with E-state index in [9.17, 15) is 4.79 Å². The van der Waals surface area contributed by atoms with Crippen LogP contribution in [-0.4, -0.2) is 18.2 Å². The molecule has 3 nitrogen and oxygen atoms in total. The number of esters is 1. The Morgan fingerprint density at radius 2 is 1.72 bits per heavy atom. The minimum atomic E-state index is -0.636. The van der Waals surface area contributed by atoms with Crippen LogP contribution in [0.1, 0.15) is 55.7 Å². The monoisotopic (exact) mass is 447 g/mol. The molecule has 1 aliphatic carbocycles. The number of carbonyl (C=O) groups is 1. The van der Waals surface area contributed by atoms with Gasteiger partial charge in [0.15, 0.2) is 21.8 Å². The molecule has 32 heavy (non-hydrogen) atoms. The van der Waals surface area contributed by atoms with E-state index in [4.69, 9.17) is 9.47 Å². The molecule has 0 aliphatic heterocycles. The van der Waals surface area contributed by atoms with Gasteiger partial charge in [-0.3, -0.25) is 0 Å². The third kappa shape index (κ3) is 4.54. The molecular weight excluding hydrogens is 416 g/mol. The van der Waals surface area contributed by atoms with Crippen molar-refractivity contribution >= 4 is 26.5 Å². The Bertz CT molecular complexity index is 1180. The molecule has 0 radical (unpaired) electrons. The average molecular weight is 448 g/mol. The molecule has 4 rings (SSSR count). The van der Waals surface area contributed by atoms with Gasteiger partial charge in [0.2, 0.25) is 0 Å². The first-order chi connectivity index (χ1) is 15.4. The van der Waals surface area contributed by atoms with Crippen LogP contribution in [0.5, 0.6) is 5.75 Å². The highest BCUT2D eigenvalue weighted by molar-refractivity contribution is 7.43. The zero-order chi connectivity index (χ0) is 22.7. The first-order valence-electron chi connectivity index (χ1n) is 11.3. The summed E-state index contributed by atoms with van der Waals surface area (Å²) in [7, 11) is -0.0747. The topological polar surface area (TPSA) is 35.5 Å². The van der Waals surface area contributed by atoms with Crippen molar-refractivity contribution in [3.05, 3.63) is 58.5 Å². The fraction of sp³-hybridized carbons (Fsp3) is 0.393. The highest BCUT2D eigenvalue weighted by Crippen LogP contribution is 2.44. The number of ether oxygens (including phenoxy) is 2. The van der Waals surface area contributed by atoms with Crippen LogP contribution in [0.15, 0.2) is 41.8 Å². The lowest BCUT2D eigenvalue weighted by molar-refractivity contribution is -0.159. The molecule has 1 fully saturated rings. The van der Waals surface area contributed by atoms with E-state index in [1.807, 2.05) is 13.8 Å². The van der Waals surface area contributed by atoms with E-state index >= 15 is 0 Å². The number of aryl methyl sites for hydroxylation is 3. The first-order valence-corrected chi connectivity index (χ1v) is 12.6. The summed E-state index contributed by atoms with van der Waals surface area (Å²) in [5.74, 6) is 6.51. The van der Waals surface area contributed by atoms with Crippen molar-refractivity contribution in [2.45, 2.75) is 65.4 Å². The van der Waals surface area contributed by atoms with Crippen LogP contribution in [0.2, 0.25) is 0 Å². The zero-order valence-electron chi connectivity index (χ0n) is 19.4. The summed E-state index contributed by atoms with van der Waals surface area (Å²) < 4.78 is 13.2. The standard InChI is InChI=1S/C28H31O3S/c1-5-13-28(14-9-6-10-15-28)31-26(29)18-30-27-20(2)16-23(17-21(27)3)32-19-22(4)24-11-7-8-12-25(24)32/h7-8,11-12,16-17,19H,6,9-10,14-15,18H2,1-4H3/q+1. The minimum Gasteiger partial charge on any atom is -0.481 e. The molecule has 1 saturated carbocycles. The highest BCUT2D eigenvalue weighted by atomic mass is 32.2. The molecule has 0 N–H and O–H groups in total. The van der Waals surface area contributed by atoms with E-state index in [1.165, 1.54) is 27.0 Å². The Balaban J connectivity index is 1.51. The van der Waals surface area contributed by atoms with Crippen molar-refractivity contribution in [3.8, 4) is 22.5 Å². The summed E-state index contributed by atoms with van der Waals surface area (Å²) in [6.45, 7) is 7.97. The van der Waals surface area contributed by atoms with Gasteiger partial charge in [-0.15, -0.1) is 5.92 Å². The normalized spacial score (nSPS) is 15.7. The van der Waals surface area contributed by atoms with Crippen molar-refractivity contribution in [3.63, 3.8) is 0 Å². The highest BCUT2D eigenvalue weighted by Gasteiger charge is 2.34. The molecule has 1 heterocycles. The Morgan fingerprint density at radius 3 is 2.41 bits per heavy atom. The SMILES string of the molecule is CC#CC1(OC(=O)COc2c(C)cc(-[s+]3cc(C)c4ccccc43)cc2C)CCCCC1. The van der Waals surface area contributed by atoms with E-state index < -0.39 is 5.60 Å². The second-order valence-electron chi connectivity index (χ2n) is 8.71. The minimum absolute atomic E-state index is 0.0747. The van der Waals surface area contributed by atoms with Gasteiger partial charge in [-0.25, -0.2) is 4.79 Å². The maximum Gasteiger partial charge on any atom is 0.345 e. The molecule has 1 aliphatic rings. The predicted octanol–water partition coefficient (Wildman–Crippen LogP) is 7.15. The van der Waals surface area contributed by atoms with Crippen molar-refractivity contribution in [1.82, 2.24) is 0 Å². The Kier molecular flexibility index (Phi) is 6.58. The smallest absolute Gasteiger partial charge is 0.345 e. The van der Waals surface area contributed by atoms with Gasteiger partial charge in [0.05, 0.1) is 0 Å². The summed E-state index contributed by atoms with van der Waals surface area (Å²) in [4.78, 5) is 13.9. The molecule has 0 spiro atoms. The number of fused-ring (bicyclic) bond motifs is 1. The Morgan fingerprint density at radius 1 is 1.03 bits per heavy atom. The van der Waals surface area contributed by atoms with Crippen LogP contribution in [-0.2, 0) is 9.53 Å². The maximum absolute atomic E-state index is 12.6. The van der Waals surface area contributed by atoms with Crippen LogP contribution >= 0.6 is 10.5 Å². The third-order valence-corrected chi connectivity index (χ3v) is 8.35. The van der Waals surface area contributed by atoms with Gasteiger partial charge in [0, 0.05) is 33.6 Å². The quantitative estimate of drug-likeness (QED) is 0.237. The van der Waals surface area contributed by atoms with Crippen LogP contribution in [0, 0.1) is 32.6 Å². The molecule has 1 unspecified atom stereocenters. The van der Waals surface area contributed by atoms with E-state index in [1.54, 1.807) is 6.92 Å². The second kappa shape index (κ2) is 9.38. The van der Waals surface area contributed by atoms with Crippen LogP contribution in [0.3, 0.4) is 0 Å². The van der Waals surface area contributed by atoms with Gasteiger partial charge in [-0.05, 0) is 76.6 Å². The van der Waals surface area contributed by atoms with E-state index in [2.05, 4.69) is 60.5 Å². The fourth-order valence-electron chi connectivity index (χ4n) is 4.73. The summed E-state index contributed by atoms with van der Waals surface area (Å²) >= 11 is 0. The summed E-state index contributed by atoms with van der Waals surface area (Å²) in [6, 6.07) is 13.0. The van der Waals surface area contributed by atoms with E-state index in [-0.39, 0.29) is 23.0 Å². The van der Waals surface area contributed by atoms with Crippen LogP contribution in [0.4, 0.5) is 0 Å². The second-order valence-corrected chi connectivity index (χ2v) is 10.5. The lowest BCUT2D eigenvalue weighted by Crippen LogP contribution is -2.37. The van der Waals surface area contributed by atoms with Gasteiger partial charge in [-0.1, -0.05) is 24.5 Å². The Labute approximate surface area is 193 Å². The number of carbonyl (C=O) groups excluding carboxylic acids is 1. The van der Waals surface area contributed by atoms with Crippen LogP contribution in [0.25, 0.3) is 15.0 Å². The lowest BCUT2D eigenvalue weighted by atomic mass is 9.85. The van der Waals surface area contributed by atoms with Gasteiger partial charge < -0.3 is 9.47 Å². The molecule has 1 atom stereocenters. The van der Waals surface area contributed by atoms with Crippen molar-refractivity contribution < 1.29 is 14.3 Å². The summed E-state index contributed by atoms with van der Waals surface area (Å²) in [5.41, 5.74) is 2.77.